The fourth-order valence-electron chi connectivity index (χ4n) is 0.0881. The zero-order valence-electron chi connectivity index (χ0n) is 2.43. The average Bonchev–Trinajstić information content (AvgIpc) is 1.79. The first-order valence-electron chi connectivity index (χ1n) is 1.26. The van der Waals surface area contributed by atoms with Crippen LogP contribution in [0.25, 0.3) is 0 Å². The maximum atomic E-state index is 4.60. The topological polar surface area (TPSA) is 0 Å². The monoisotopic (exact) mass is 102 g/mol. The van der Waals surface area contributed by atoms with Crippen molar-refractivity contribution in [2.75, 3.05) is 0 Å². The Kier molecular flexibility index (Phi) is 0.553. The Morgan fingerprint density at radius 3 is 2.00 bits per heavy atom. The first-order chi connectivity index (χ1) is 2.30. The van der Waals surface area contributed by atoms with E-state index in [0.717, 1.165) is 9.41 Å². The molecule has 0 N–H and O–H groups in total. The molecule has 0 saturated carbocycles. The van der Waals surface area contributed by atoms with E-state index in [4.69, 9.17) is 0 Å². The lowest BCUT2D eigenvalue weighted by molar-refractivity contribution is 1.88. The van der Waals surface area contributed by atoms with Crippen LogP contribution in [0.4, 0.5) is 0 Å². The molecule has 0 fully saturated rings. The Bertz CT molecular complexity index is 136. The van der Waals surface area contributed by atoms with Gasteiger partial charge in [0.25, 0.3) is 0 Å². The summed E-state index contributed by atoms with van der Waals surface area (Å²) in [4.78, 5) is 0.972. The van der Waals surface area contributed by atoms with Crippen molar-refractivity contribution in [3.8, 4) is 0 Å². The highest BCUT2D eigenvalue weighted by Crippen LogP contribution is 2.15. The SMILES string of the molecule is S=c1cc1S. The van der Waals surface area contributed by atoms with Gasteiger partial charge in [0.1, 0.15) is 0 Å². The van der Waals surface area contributed by atoms with Crippen molar-refractivity contribution in [3.05, 3.63) is 10.6 Å². The van der Waals surface area contributed by atoms with Gasteiger partial charge in [0.05, 0.1) is 4.51 Å². The molecule has 0 aromatic heterocycles. The van der Waals surface area contributed by atoms with E-state index in [1.165, 1.54) is 0 Å². The van der Waals surface area contributed by atoms with Crippen molar-refractivity contribution in [1.82, 2.24) is 0 Å². The summed E-state index contributed by atoms with van der Waals surface area (Å²) in [6, 6.07) is 1.85. The minimum atomic E-state index is 0.910. The van der Waals surface area contributed by atoms with Crippen LogP contribution in [-0.4, -0.2) is 0 Å². The van der Waals surface area contributed by atoms with E-state index in [1.807, 2.05) is 6.07 Å². The molecule has 0 aliphatic heterocycles. The molecular formula is C3H2S2. The van der Waals surface area contributed by atoms with E-state index in [2.05, 4.69) is 24.8 Å². The first kappa shape index (κ1) is 3.37. The lowest BCUT2D eigenvalue weighted by atomic mass is 11.2. The van der Waals surface area contributed by atoms with Crippen molar-refractivity contribution in [2.45, 2.75) is 4.90 Å². The van der Waals surface area contributed by atoms with Gasteiger partial charge < -0.3 is 0 Å². The molecule has 1 aromatic carbocycles. The van der Waals surface area contributed by atoms with Crippen molar-refractivity contribution in [1.29, 1.82) is 0 Å². The van der Waals surface area contributed by atoms with Crippen molar-refractivity contribution in [2.24, 2.45) is 0 Å². The molecular weight excluding hydrogens is 100 g/mol. The van der Waals surface area contributed by atoms with Crippen LogP contribution in [0.2, 0.25) is 0 Å². The Hall–Kier alpha value is 0.180. The van der Waals surface area contributed by atoms with Gasteiger partial charge in [-0.2, -0.15) is 0 Å². The van der Waals surface area contributed by atoms with Crippen LogP contribution >= 0.6 is 24.8 Å². The van der Waals surface area contributed by atoms with Crippen LogP contribution < -0.4 is 0 Å². The molecule has 0 aliphatic rings. The highest BCUT2D eigenvalue weighted by Gasteiger charge is 1.92. The molecule has 5 heavy (non-hydrogen) atoms. The van der Waals surface area contributed by atoms with Gasteiger partial charge in [0.15, 0.2) is 0 Å². The maximum absolute atomic E-state index is 4.60. The third-order valence-electron chi connectivity index (χ3n) is 0.437. The zero-order valence-corrected chi connectivity index (χ0v) is 4.14. The lowest BCUT2D eigenvalue weighted by Gasteiger charge is -1.42. The molecule has 0 bridgehead atoms. The summed E-state index contributed by atoms with van der Waals surface area (Å²) in [7, 11) is 0. The first-order valence-corrected chi connectivity index (χ1v) is 2.11. The van der Waals surface area contributed by atoms with Crippen LogP contribution in [0.15, 0.2) is 11.0 Å². The molecule has 26 valence electrons. The zero-order chi connectivity index (χ0) is 3.86. The highest BCUT2D eigenvalue weighted by molar-refractivity contribution is 7.81. The van der Waals surface area contributed by atoms with Gasteiger partial charge in [-0.25, -0.2) is 0 Å². The molecule has 0 spiro atoms. The van der Waals surface area contributed by atoms with E-state index < -0.39 is 0 Å². The van der Waals surface area contributed by atoms with E-state index >= 15 is 0 Å². The third-order valence-corrected chi connectivity index (χ3v) is 1.30. The molecule has 0 aliphatic carbocycles. The van der Waals surface area contributed by atoms with E-state index in [0.29, 0.717) is 0 Å². The van der Waals surface area contributed by atoms with Crippen molar-refractivity contribution in [3.63, 3.8) is 0 Å². The van der Waals surface area contributed by atoms with E-state index in [9.17, 15) is 0 Å². The summed E-state index contributed by atoms with van der Waals surface area (Å²) in [5.41, 5.74) is 0. The molecule has 0 saturated heterocycles. The molecule has 0 atom stereocenters. The van der Waals surface area contributed by atoms with E-state index in [-0.39, 0.29) is 0 Å². The summed E-state index contributed by atoms with van der Waals surface area (Å²) in [5, 5.41) is 0. The minimum absolute atomic E-state index is 0.910. The van der Waals surface area contributed by atoms with Gasteiger partial charge in [-0.15, -0.1) is 12.6 Å². The molecule has 2 heteroatoms. The smallest absolute Gasteiger partial charge is 0.0522 e. The second kappa shape index (κ2) is 0.820. The molecule has 1 rings (SSSR count). The molecule has 0 radical (unpaired) electrons. The number of hydrogen-bond donors (Lipinski definition) is 1. The Balaban J connectivity index is 3.15. The summed E-state index contributed by atoms with van der Waals surface area (Å²) in [6.07, 6.45) is 0. The van der Waals surface area contributed by atoms with Crippen molar-refractivity contribution >= 4 is 24.8 Å². The molecule has 0 heterocycles. The number of thiol groups is 1. The Morgan fingerprint density at radius 1 is 1.80 bits per heavy atom. The molecule has 0 nitrogen and oxygen atoms in total. The van der Waals surface area contributed by atoms with Crippen LogP contribution in [0.5, 0.6) is 0 Å². The average molecular weight is 102 g/mol. The number of rotatable bonds is 0. The van der Waals surface area contributed by atoms with Crippen molar-refractivity contribution < 1.29 is 0 Å². The van der Waals surface area contributed by atoms with Crippen LogP contribution in [0.3, 0.4) is 0 Å². The summed E-state index contributed by atoms with van der Waals surface area (Å²) in [6.45, 7) is 0. The van der Waals surface area contributed by atoms with E-state index in [1.54, 1.807) is 0 Å². The quantitative estimate of drug-likeness (QED) is 0.383. The standard InChI is InChI=1S/C3H2S2/c4-2-1-3(2)5/h1,4H. The van der Waals surface area contributed by atoms with Crippen LogP contribution in [-0.2, 0) is 0 Å². The van der Waals surface area contributed by atoms with Gasteiger partial charge in [0, 0.05) is 4.90 Å². The maximum Gasteiger partial charge on any atom is 0.0522 e. The molecule has 1 aromatic rings. The van der Waals surface area contributed by atoms with Gasteiger partial charge in [-0.3, -0.25) is 0 Å². The van der Waals surface area contributed by atoms with Gasteiger partial charge in [-0.05, 0) is 6.07 Å². The lowest BCUT2D eigenvalue weighted by Crippen LogP contribution is -1.12. The predicted molar refractivity (Wildman–Crippen MR) is 26.9 cm³/mol. The second-order valence-electron chi connectivity index (χ2n) is 0.894. The normalized spacial score (nSPS) is 9.80. The van der Waals surface area contributed by atoms with Gasteiger partial charge in [-0.1, -0.05) is 12.2 Å². The molecule has 0 amide bonds. The fraction of sp³-hybridized carbons (Fsp3) is 0. The summed E-state index contributed by atoms with van der Waals surface area (Å²) >= 11 is 8.49. The Morgan fingerprint density at radius 2 is 2.00 bits per heavy atom. The number of hydrogen-bond acceptors (Lipinski definition) is 2. The minimum Gasteiger partial charge on any atom is -0.142 e. The largest absolute Gasteiger partial charge is 0.142 e. The predicted octanol–water partition coefficient (Wildman–Crippen LogP) is 1.58. The second-order valence-corrected chi connectivity index (χ2v) is 1.82. The van der Waals surface area contributed by atoms with Gasteiger partial charge >= 0.3 is 0 Å². The fourth-order valence-corrected chi connectivity index (χ4v) is 0.422. The van der Waals surface area contributed by atoms with Crippen LogP contribution in [0.1, 0.15) is 0 Å². The van der Waals surface area contributed by atoms with Crippen LogP contribution in [0, 0.1) is 4.51 Å². The third kappa shape index (κ3) is 0.520. The summed E-state index contributed by atoms with van der Waals surface area (Å²) in [5.74, 6) is 0. The highest BCUT2D eigenvalue weighted by atomic mass is 32.1. The summed E-state index contributed by atoms with van der Waals surface area (Å²) < 4.78 is 0.910. The van der Waals surface area contributed by atoms with Gasteiger partial charge in [0.2, 0.25) is 0 Å². The molecule has 0 unspecified atom stereocenters. The Labute approximate surface area is 40.9 Å².